The summed E-state index contributed by atoms with van der Waals surface area (Å²) in [4.78, 5) is 56.6. The molecule has 2 atom stereocenters. The molecule has 0 aromatic rings. The van der Waals surface area contributed by atoms with Gasteiger partial charge in [0, 0.05) is 13.1 Å². The van der Waals surface area contributed by atoms with Crippen LogP contribution in [0.1, 0.15) is 248 Å². The molecule has 1 fully saturated rings. The molecule has 1 saturated heterocycles. The maximum Gasteiger partial charge on any atom is 0.307 e. The Morgan fingerprint density at radius 1 is 0.379 bits per heavy atom. The molecular formula is C56H108N4O6. The third-order valence-corrected chi connectivity index (χ3v) is 13.4. The molecule has 1 heterocycles. The molecule has 388 valence electrons. The average Bonchev–Trinajstić information content (AvgIpc) is 3.26. The first-order valence-electron chi connectivity index (χ1n) is 28.1. The van der Waals surface area contributed by atoms with E-state index >= 15 is 0 Å². The van der Waals surface area contributed by atoms with E-state index in [1.807, 2.05) is 0 Å². The predicted molar refractivity (Wildman–Crippen MR) is 277 cm³/mol. The first-order chi connectivity index (χ1) is 31.8. The van der Waals surface area contributed by atoms with Crippen LogP contribution in [-0.2, 0) is 28.7 Å². The van der Waals surface area contributed by atoms with Crippen LogP contribution in [0.2, 0.25) is 0 Å². The van der Waals surface area contributed by atoms with E-state index in [4.69, 9.17) is 9.47 Å². The number of ether oxygens (including phenoxy) is 2. The molecule has 1 aliphatic rings. The molecule has 0 aliphatic carbocycles. The van der Waals surface area contributed by atoms with Crippen molar-refractivity contribution < 1.29 is 28.7 Å². The number of carbonyl (C=O) groups excluding carboxylic acids is 4. The Bertz CT molecular complexity index is 1060. The Hall–Kier alpha value is -2.20. The Morgan fingerprint density at radius 3 is 0.848 bits per heavy atom. The lowest BCUT2D eigenvalue weighted by Gasteiger charge is -2.29. The van der Waals surface area contributed by atoms with Gasteiger partial charge in [-0.1, -0.05) is 209 Å². The summed E-state index contributed by atoms with van der Waals surface area (Å²) in [6, 6.07) is -1.95. The molecule has 1 aliphatic heterocycles. The van der Waals surface area contributed by atoms with Gasteiger partial charge in [0.2, 0.25) is 11.8 Å². The summed E-state index contributed by atoms with van der Waals surface area (Å²) in [5, 5.41) is 5.37. The summed E-state index contributed by atoms with van der Waals surface area (Å²) < 4.78 is 11.1. The molecule has 0 radical (unpaired) electrons. The molecule has 10 nitrogen and oxygen atoms in total. The van der Waals surface area contributed by atoms with Gasteiger partial charge in [-0.05, 0) is 75.5 Å². The average molecular weight is 934 g/mol. The minimum Gasteiger partial charge on any atom is -0.463 e. The van der Waals surface area contributed by atoms with Gasteiger partial charge in [-0.25, -0.2) is 0 Å². The maximum absolute atomic E-state index is 13.0. The van der Waals surface area contributed by atoms with Crippen LogP contribution in [0.4, 0.5) is 0 Å². The van der Waals surface area contributed by atoms with Crippen molar-refractivity contribution in [3.05, 3.63) is 0 Å². The van der Waals surface area contributed by atoms with Crippen molar-refractivity contribution in [1.82, 2.24) is 20.4 Å². The fraction of sp³-hybridized carbons (Fsp3) is 0.929. The smallest absolute Gasteiger partial charge is 0.307 e. The van der Waals surface area contributed by atoms with E-state index in [0.29, 0.717) is 13.1 Å². The molecule has 0 aromatic carbocycles. The van der Waals surface area contributed by atoms with Gasteiger partial charge in [0.25, 0.3) is 0 Å². The third kappa shape index (κ3) is 37.7. The summed E-state index contributed by atoms with van der Waals surface area (Å²) in [6.45, 7) is 23.1. The molecule has 2 amide bonds. The molecule has 10 heteroatoms. The molecule has 0 aromatic heterocycles. The van der Waals surface area contributed by atoms with Crippen LogP contribution in [0, 0.1) is 23.7 Å². The van der Waals surface area contributed by atoms with Crippen molar-refractivity contribution in [1.29, 1.82) is 0 Å². The number of nitrogens with one attached hydrogen (secondary N) is 2. The Balaban J connectivity index is 2.49. The number of esters is 2. The number of carbonyl (C=O) groups is 4. The lowest BCUT2D eigenvalue weighted by atomic mass is 10.0. The molecule has 0 spiro atoms. The zero-order chi connectivity index (χ0) is 48.6. The predicted octanol–water partition coefficient (Wildman–Crippen LogP) is 13.0. The minimum atomic E-state index is -0.973. The van der Waals surface area contributed by atoms with Crippen LogP contribution in [0.25, 0.3) is 0 Å². The molecule has 0 saturated carbocycles. The second kappa shape index (κ2) is 41.7. The maximum atomic E-state index is 13.0. The van der Waals surface area contributed by atoms with Crippen LogP contribution in [0.15, 0.2) is 0 Å². The van der Waals surface area contributed by atoms with Crippen molar-refractivity contribution in [2.75, 3.05) is 52.5 Å². The number of amides is 2. The van der Waals surface area contributed by atoms with Crippen LogP contribution < -0.4 is 10.6 Å². The van der Waals surface area contributed by atoms with Gasteiger partial charge in [-0.15, -0.1) is 0 Å². The van der Waals surface area contributed by atoms with E-state index in [0.717, 1.165) is 75.5 Å². The molecule has 1 rings (SSSR count). The molecule has 66 heavy (non-hydrogen) atoms. The zero-order valence-electron chi connectivity index (χ0n) is 44.7. The number of rotatable bonds is 46. The first kappa shape index (κ1) is 61.8. The molecule has 0 bridgehead atoms. The standard InChI is InChI=1S/C56H108N4O6/c1-47(2)33-25-17-9-13-21-29-39-59(40-30-22-14-10-18-26-34-48(3)4)43-37-53(61)65-45-51-55(63)58-52(56(64)57-51)46-66-54(62)38-44-60(41-31-23-15-11-19-27-35-49(5)6)42-32-24-16-12-20-28-36-50(7)8/h47-52H,9-46H2,1-8H3,(H,57,64)(H,58,63). The van der Waals surface area contributed by atoms with Crippen LogP contribution in [0.5, 0.6) is 0 Å². The Morgan fingerprint density at radius 2 is 0.606 bits per heavy atom. The van der Waals surface area contributed by atoms with Gasteiger partial charge in [0.15, 0.2) is 0 Å². The van der Waals surface area contributed by atoms with Gasteiger partial charge in [-0.3, -0.25) is 19.2 Å². The quantitative estimate of drug-likeness (QED) is 0.0458. The first-order valence-corrected chi connectivity index (χ1v) is 28.1. The number of hydrogen-bond donors (Lipinski definition) is 2. The zero-order valence-corrected chi connectivity index (χ0v) is 44.7. The highest BCUT2D eigenvalue weighted by Gasteiger charge is 2.35. The van der Waals surface area contributed by atoms with Crippen LogP contribution in [-0.4, -0.2) is 98.1 Å². The minimum absolute atomic E-state index is 0.220. The number of nitrogens with zero attached hydrogens (tertiary/aromatic N) is 2. The van der Waals surface area contributed by atoms with Crippen molar-refractivity contribution in [3.63, 3.8) is 0 Å². The second-order valence-electron chi connectivity index (χ2n) is 21.9. The third-order valence-electron chi connectivity index (χ3n) is 13.4. The topological polar surface area (TPSA) is 117 Å². The van der Waals surface area contributed by atoms with E-state index < -0.39 is 23.9 Å². The molecule has 2 unspecified atom stereocenters. The lowest BCUT2D eigenvalue weighted by molar-refractivity contribution is -0.152. The molecular weight excluding hydrogens is 825 g/mol. The van der Waals surface area contributed by atoms with E-state index in [-0.39, 0.29) is 38.0 Å². The highest BCUT2D eigenvalue weighted by atomic mass is 16.5. The van der Waals surface area contributed by atoms with Crippen LogP contribution >= 0.6 is 0 Å². The van der Waals surface area contributed by atoms with Crippen molar-refractivity contribution in [2.24, 2.45) is 23.7 Å². The number of piperazine rings is 1. The largest absolute Gasteiger partial charge is 0.463 e. The SMILES string of the molecule is CC(C)CCCCCCCCN(CCCCCCCCC(C)C)CCC(=O)OCC1NC(=O)C(COC(=O)CCN(CCCCCCCCC(C)C)CCCCCCCCC(C)C)NC1=O. The summed E-state index contributed by atoms with van der Waals surface area (Å²) in [5.74, 6) is 1.52. The van der Waals surface area contributed by atoms with Crippen molar-refractivity contribution >= 4 is 23.8 Å². The van der Waals surface area contributed by atoms with Gasteiger partial charge in [0.1, 0.15) is 25.3 Å². The highest BCUT2D eigenvalue weighted by molar-refractivity contribution is 5.97. The summed E-state index contributed by atoms with van der Waals surface area (Å²) >= 11 is 0. The van der Waals surface area contributed by atoms with Crippen LogP contribution in [0.3, 0.4) is 0 Å². The number of hydrogen-bond acceptors (Lipinski definition) is 8. The summed E-state index contributed by atoms with van der Waals surface area (Å²) in [7, 11) is 0. The Labute approximate surface area is 407 Å². The fourth-order valence-electron chi connectivity index (χ4n) is 8.96. The number of unbranched alkanes of at least 4 members (excludes halogenated alkanes) is 20. The summed E-state index contributed by atoms with van der Waals surface area (Å²) in [6.07, 6.45) is 35.9. The second-order valence-corrected chi connectivity index (χ2v) is 21.9. The Kier molecular flexibility index (Phi) is 39.1. The van der Waals surface area contributed by atoms with E-state index in [1.54, 1.807) is 0 Å². The van der Waals surface area contributed by atoms with E-state index in [9.17, 15) is 19.2 Å². The summed E-state index contributed by atoms with van der Waals surface area (Å²) in [5.41, 5.74) is 0. The monoisotopic (exact) mass is 933 g/mol. The fourth-order valence-corrected chi connectivity index (χ4v) is 8.96. The van der Waals surface area contributed by atoms with Gasteiger partial charge < -0.3 is 29.9 Å². The van der Waals surface area contributed by atoms with E-state index in [1.165, 1.54) is 154 Å². The highest BCUT2D eigenvalue weighted by Crippen LogP contribution is 2.16. The van der Waals surface area contributed by atoms with Crippen molar-refractivity contribution in [3.8, 4) is 0 Å². The van der Waals surface area contributed by atoms with Gasteiger partial charge in [-0.2, -0.15) is 0 Å². The van der Waals surface area contributed by atoms with Gasteiger partial charge in [0.05, 0.1) is 12.8 Å². The molecule has 2 N–H and O–H groups in total. The van der Waals surface area contributed by atoms with Gasteiger partial charge >= 0.3 is 11.9 Å². The van der Waals surface area contributed by atoms with Crippen molar-refractivity contribution in [2.45, 2.75) is 260 Å². The normalized spacial score (nSPS) is 15.5. The van der Waals surface area contributed by atoms with E-state index in [2.05, 4.69) is 75.8 Å². The lowest BCUT2D eigenvalue weighted by Crippen LogP contribution is -2.64.